The summed E-state index contributed by atoms with van der Waals surface area (Å²) < 4.78 is 78.5. The quantitative estimate of drug-likeness (QED) is 0.172. The number of hydrogen-bond donors (Lipinski definition) is 1. The van der Waals surface area contributed by atoms with Crippen molar-refractivity contribution in [2.75, 3.05) is 37.7 Å². The van der Waals surface area contributed by atoms with Gasteiger partial charge in [0.1, 0.15) is 0 Å². The highest BCUT2D eigenvalue weighted by Gasteiger charge is 2.35. The lowest BCUT2D eigenvalue weighted by molar-refractivity contribution is -0.137. The molecule has 3 amide bonds. The van der Waals surface area contributed by atoms with E-state index in [0.29, 0.717) is 29.7 Å². The lowest BCUT2D eigenvalue weighted by Crippen LogP contribution is -2.37. The first-order valence-electron chi connectivity index (χ1n) is 14.1. The number of methoxy groups -OCH3 is 1. The zero-order chi connectivity index (χ0) is 34.4. The number of alkyl halides is 3. The van der Waals surface area contributed by atoms with E-state index >= 15 is 0 Å². The first kappa shape index (κ1) is 35.1. The molecular formula is C32H30F3N3O7S2. The monoisotopic (exact) mass is 689 g/mol. The average molecular weight is 690 g/mol. The highest BCUT2D eigenvalue weighted by Crippen LogP contribution is 2.35. The zero-order valence-corrected chi connectivity index (χ0v) is 26.9. The number of carbonyl (C=O) groups is 3. The second kappa shape index (κ2) is 14.8. The molecule has 1 aliphatic heterocycles. The van der Waals surface area contributed by atoms with Crippen molar-refractivity contribution in [3.05, 3.63) is 101 Å². The highest BCUT2D eigenvalue weighted by atomic mass is 32.2. The Morgan fingerprint density at radius 1 is 1.06 bits per heavy atom. The minimum atomic E-state index is -4.69. The number of amides is 3. The minimum absolute atomic E-state index is 0.0628. The summed E-state index contributed by atoms with van der Waals surface area (Å²) in [5.74, 6) is -0.250. The van der Waals surface area contributed by atoms with Crippen LogP contribution in [-0.2, 0) is 21.0 Å². The summed E-state index contributed by atoms with van der Waals surface area (Å²) in [7, 11) is -2.95. The fraction of sp³-hybridized carbons (Fsp3) is 0.219. The van der Waals surface area contributed by atoms with Crippen LogP contribution >= 0.6 is 11.8 Å². The van der Waals surface area contributed by atoms with Crippen LogP contribution in [0, 0.1) is 0 Å². The fourth-order valence-corrected chi connectivity index (χ4v) is 6.84. The SMILES string of the molecule is C=CCN(c1cccc(C(F)(F)F)c1)S(=O)(=O)c1cccc(C(=O)NCCN2C(=O)S/C(=C\c3ccc(OCC)c(OC)c3)C2=O)c1. The predicted molar refractivity (Wildman–Crippen MR) is 172 cm³/mol. The molecule has 15 heteroatoms. The molecule has 1 fully saturated rings. The Balaban J connectivity index is 1.44. The Morgan fingerprint density at radius 2 is 1.81 bits per heavy atom. The third-order valence-corrected chi connectivity index (χ3v) is 9.42. The summed E-state index contributed by atoms with van der Waals surface area (Å²) in [6, 6.07) is 13.9. The molecule has 0 aromatic heterocycles. The summed E-state index contributed by atoms with van der Waals surface area (Å²) in [6.07, 6.45) is -1.92. The van der Waals surface area contributed by atoms with Gasteiger partial charge in [0.15, 0.2) is 11.5 Å². The summed E-state index contributed by atoms with van der Waals surface area (Å²) in [4.78, 5) is 39.3. The number of thioether (sulfide) groups is 1. The van der Waals surface area contributed by atoms with E-state index in [-0.39, 0.29) is 40.7 Å². The number of rotatable bonds is 13. The van der Waals surface area contributed by atoms with Crippen LogP contribution in [0.5, 0.6) is 11.5 Å². The van der Waals surface area contributed by atoms with Crippen molar-refractivity contribution < 1.29 is 45.4 Å². The standard InChI is InChI=1S/C32H30F3N3O7S2/c1-4-15-38(24-10-7-9-23(20-24)32(33,34)35)47(42,43)25-11-6-8-22(19-25)29(39)36-14-16-37-30(40)28(46-31(37)41)18-21-12-13-26(45-5-2)27(17-21)44-3/h4,6-13,17-20H,1,5,14-16H2,2-3H3,(H,36,39)/b28-18-. The van der Waals surface area contributed by atoms with E-state index in [1.54, 1.807) is 24.3 Å². The molecule has 4 rings (SSSR count). The molecule has 0 saturated carbocycles. The van der Waals surface area contributed by atoms with Crippen molar-refractivity contribution in [2.24, 2.45) is 0 Å². The average Bonchev–Trinajstić information content (AvgIpc) is 3.31. The van der Waals surface area contributed by atoms with Crippen molar-refractivity contribution in [3.63, 3.8) is 0 Å². The van der Waals surface area contributed by atoms with Crippen LogP contribution in [-0.4, -0.2) is 63.7 Å². The normalized spacial score (nSPS) is 14.3. The summed E-state index contributed by atoms with van der Waals surface area (Å²) >= 11 is 0.744. The number of sulfonamides is 1. The lowest BCUT2D eigenvalue weighted by Gasteiger charge is -2.24. The molecule has 0 bridgehead atoms. The van der Waals surface area contributed by atoms with Crippen LogP contribution in [0.1, 0.15) is 28.4 Å². The molecular weight excluding hydrogens is 659 g/mol. The number of nitrogens with zero attached hydrogens (tertiary/aromatic N) is 2. The molecule has 0 radical (unpaired) electrons. The van der Waals surface area contributed by atoms with Crippen LogP contribution in [0.25, 0.3) is 6.08 Å². The second-order valence-corrected chi connectivity index (χ2v) is 12.7. The Hall–Kier alpha value is -4.76. The first-order chi connectivity index (χ1) is 22.3. The number of benzene rings is 3. The molecule has 0 unspecified atom stereocenters. The Labute approximate surface area is 273 Å². The van der Waals surface area contributed by atoms with E-state index in [1.807, 2.05) is 6.92 Å². The van der Waals surface area contributed by atoms with Gasteiger partial charge in [0, 0.05) is 18.7 Å². The van der Waals surface area contributed by atoms with Crippen LogP contribution in [0.4, 0.5) is 23.7 Å². The van der Waals surface area contributed by atoms with Crippen molar-refractivity contribution in [1.29, 1.82) is 0 Å². The smallest absolute Gasteiger partial charge is 0.416 e. The Morgan fingerprint density at radius 3 is 2.49 bits per heavy atom. The van der Waals surface area contributed by atoms with Crippen LogP contribution < -0.4 is 19.1 Å². The van der Waals surface area contributed by atoms with Crippen molar-refractivity contribution in [2.45, 2.75) is 18.0 Å². The van der Waals surface area contributed by atoms with E-state index in [0.717, 1.165) is 39.2 Å². The summed E-state index contributed by atoms with van der Waals surface area (Å²) in [6.45, 7) is 5.16. The fourth-order valence-electron chi connectivity index (χ4n) is 4.50. The number of ether oxygens (including phenoxy) is 2. The molecule has 1 aliphatic rings. The van der Waals surface area contributed by atoms with E-state index in [1.165, 1.54) is 37.5 Å². The molecule has 248 valence electrons. The van der Waals surface area contributed by atoms with Gasteiger partial charge in [-0.05, 0) is 78.9 Å². The summed E-state index contributed by atoms with van der Waals surface area (Å²) in [5.41, 5.74) is -0.715. The van der Waals surface area contributed by atoms with E-state index in [9.17, 15) is 36.0 Å². The lowest BCUT2D eigenvalue weighted by atomic mass is 10.2. The molecule has 3 aromatic rings. The third-order valence-electron chi connectivity index (χ3n) is 6.72. The molecule has 1 N–H and O–H groups in total. The molecule has 1 heterocycles. The molecule has 1 saturated heterocycles. The van der Waals surface area contributed by atoms with Crippen LogP contribution in [0.3, 0.4) is 0 Å². The molecule has 3 aromatic carbocycles. The number of nitrogens with one attached hydrogen (secondary N) is 1. The van der Waals surface area contributed by atoms with Crippen LogP contribution in [0.2, 0.25) is 0 Å². The van der Waals surface area contributed by atoms with Crippen LogP contribution in [0.15, 0.2) is 89.2 Å². The zero-order valence-electron chi connectivity index (χ0n) is 25.2. The molecule has 0 atom stereocenters. The maximum Gasteiger partial charge on any atom is 0.416 e. The van der Waals surface area contributed by atoms with Gasteiger partial charge in [-0.2, -0.15) is 13.2 Å². The van der Waals surface area contributed by atoms with Gasteiger partial charge < -0.3 is 14.8 Å². The number of anilines is 1. The van der Waals surface area contributed by atoms with Gasteiger partial charge in [0.05, 0.1) is 41.3 Å². The van der Waals surface area contributed by atoms with Crippen molar-refractivity contribution in [3.8, 4) is 11.5 Å². The Bertz CT molecular complexity index is 1830. The number of halogens is 3. The van der Waals surface area contributed by atoms with Crippen molar-refractivity contribution >= 4 is 50.6 Å². The second-order valence-electron chi connectivity index (χ2n) is 9.83. The maximum absolute atomic E-state index is 13.5. The van der Waals surface area contributed by atoms with Gasteiger partial charge in [0.25, 0.3) is 27.1 Å². The maximum atomic E-state index is 13.5. The summed E-state index contributed by atoms with van der Waals surface area (Å²) in [5, 5.41) is 2.03. The topological polar surface area (TPSA) is 122 Å². The predicted octanol–water partition coefficient (Wildman–Crippen LogP) is 5.96. The van der Waals surface area contributed by atoms with Gasteiger partial charge in [-0.1, -0.05) is 24.3 Å². The van der Waals surface area contributed by atoms with Gasteiger partial charge in [-0.15, -0.1) is 6.58 Å². The minimum Gasteiger partial charge on any atom is -0.493 e. The van der Waals surface area contributed by atoms with E-state index in [2.05, 4.69) is 11.9 Å². The van der Waals surface area contributed by atoms with Gasteiger partial charge in [-0.3, -0.25) is 23.6 Å². The third kappa shape index (κ3) is 8.16. The largest absolute Gasteiger partial charge is 0.493 e. The number of hydrogen-bond acceptors (Lipinski definition) is 8. The molecule has 47 heavy (non-hydrogen) atoms. The molecule has 0 spiro atoms. The highest BCUT2D eigenvalue weighted by molar-refractivity contribution is 8.18. The van der Waals surface area contributed by atoms with Gasteiger partial charge in [0.2, 0.25) is 0 Å². The van der Waals surface area contributed by atoms with Gasteiger partial charge in [-0.25, -0.2) is 8.42 Å². The van der Waals surface area contributed by atoms with Crippen molar-refractivity contribution in [1.82, 2.24) is 10.2 Å². The van der Waals surface area contributed by atoms with E-state index in [4.69, 9.17) is 9.47 Å². The molecule has 0 aliphatic carbocycles. The first-order valence-corrected chi connectivity index (χ1v) is 16.3. The number of carbonyl (C=O) groups excluding carboxylic acids is 3. The Kier molecular flexibility index (Phi) is 11.0. The number of imide groups is 1. The van der Waals surface area contributed by atoms with Gasteiger partial charge >= 0.3 is 6.18 Å². The van der Waals surface area contributed by atoms with E-state index < -0.39 is 38.8 Å². The molecule has 10 nitrogen and oxygen atoms in total.